The molecule has 0 spiro atoms. The number of fused-ring (bicyclic) bond motifs is 3. The summed E-state index contributed by atoms with van der Waals surface area (Å²) in [4.78, 5) is 27.9. The number of aromatic amines is 1. The highest BCUT2D eigenvalue weighted by Gasteiger charge is 2.18. The average Bonchev–Trinajstić information content (AvgIpc) is 2.94. The molecule has 0 atom stereocenters. The number of carbonyl (C=O) groups excluding carboxylic acids is 1. The Hall–Kier alpha value is -2.84. The molecule has 4 aromatic rings. The molecular formula is C17H10FN3O2S2. The van der Waals surface area contributed by atoms with Gasteiger partial charge in [-0.3, -0.25) is 14.0 Å². The van der Waals surface area contributed by atoms with Crippen molar-refractivity contribution in [2.45, 2.75) is 0 Å². The van der Waals surface area contributed by atoms with Crippen LogP contribution >= 0.6 is 23.6 Å². The topological polar surface area (TPSA) is 66.4 Å². The summed E-state index contributed by atoms with van der Waals surface area (Å²) in [6.07, 6.45) is 0. The average molecular weight is 371 g/mol. The Morgan fingerprint density at radius 3 is 2.64 bits per heavy atom. The Morgan fingerprint density at radius 1 is 1.16 bits per heavy atom. The van der Waals surface area contributed by atoms with E-state index >= 15 is 0 Å². The summed E-state index contributed by atoms with van der Waals surface area (Å²) in [5.74, 6) is -0.810. The van der Waals surface area contributed by atoms with Gasteiger partial charge in [-0.25, -0.2) is 4.39 Å². The second-order valence-electron chi connectivity index (χ2n) is 5.31. The first-order chi connectivity index (χ1) is 12.0. The lowest BCUT2D eigenvalue weighted by Crippen LogP contribution is -2.14. The number of aromatic nitrogens is 2. The van der Waals surface area contributed by atoms with Gasteiger partial charge in [-0.1, -0.05) is 23.5 Å². The van der Waals surface area contributed by atoms with Crippen LogP contribution in [0, 0.1) is 9.77 Å². The third-order valence-electron chi connectivity index (χ3n) is 3.74. The van der Waals surface area contributed by atoms with E-state index in [1.54, 1.807) is 28.7 Å². The van der Waals surface area contributed by atoms with E-state index in [0.29, 0.717) is 26.2 Å². The molecule has 0 aliphatic heterocycles. The summed E-state index contributed by atoms with van der Waals surface area (Å²) in [5.41, 5.74) is 1.15. The Morgan fingerprint density at radius 2 is 1.88 bits per heavy atom. The van der Waals surface area contributed by atoms with Gasteiger partial charge in [0.25, 0.3) is 11.5 Å². The monoisotopic (exact) mass is 371 g/mol. The van der Waals surface area contributed by atoms with Crippen molar-refractivity contribution in [3.8, 4) is 0 Å². The maximum atomic E-state index is 13.0. The number of thiazole rings is 1. The molecule has 0 saturated carbocycles. The van der Waals surface area contributed by atoms with E-state index in [2.05, 4.69) is 10.3 Å². The number of H-pyrrole nitrogens is 1. The van der Waals surface area contributed by atoms with E-state index < -0.39 is 11.7 Å². The minimum atomic E-state index is -0.420. The van der Waals surface area contributed by atoms with Crippen LogP contribution < -0.4 is 10.9 Å². The number of para-hydroxylation sites is 1. The van der Waals surface area contributed by atoms with Crippen molar-refractivity contribution in [2.24, 2.45) is 0 Å². The van der Waals surface area contributed by atoms with E-state index in [0.717, 1.165) is 11.3 Å². The van der Waals surface area contributed by atoms with Gasteiger partial charge in [-0.15, -0.1) is 0 Å². The van der Waals surface area contributed by atoms with Crippen molar-refractivity contribution in [3.63, 3.8) is 0 Å². The number of rotatable bonds is 2. The molecule has 4 rings (SSSR count). The van der Waals surface area contributed by atoms with Crippen molar-refractivity contribution in [3.05, 3.63) is 73.5 Å². The molecule has 2 aromatic carbocycles. The summed E-state index contributed by atoms with van der Waals surface area (Å²) >= 11 is 6.48. The van der Waals surface area contributed by atoms with Crippen LogP contribution in [0.4, 0.5) is 10.1 Å². The Kier molecular flexibility index (Phi) is 3.70. The number of benzene rings is 2. The summed E-state index contributed by atoms with van der Waals surface area (Å²) in [7, 11) is 0. The molecular weight excluding hydrogens is 361 g/mol. The van der Waals surface area contributed by atoms with Gasteiger partial charge in [0.1, 0.15) is 16.3 Å². The molecule has 25 heavy (non-hydrogen) atoms. The van der Waals surface area contributed by atoms with Crippen LogP contribution in [0.2, 0.25) is 0 Å². The van der Waals surface area contributed by atoms with Gasteiger partial charge in [0.05, 0.1) is 10.9 Å². The van der Waals surface area contributed by atoms with Gasteiger partial charge < -0.3 is 10.3 Å². The lowest BCUT2D eigenvalue weighted by atomic mass is 10.2. The fourth-order valence-electron chi connectivity index (χ4n) is 2.62. The Labute approximate surface area is 149 Å². The number of nitrogens with one attached hydrogen (secondary N) is 2. The molecule has 124 valence electrons. The zero-order chi connectivity index (χ0) is 17.6. The smallest absolute Gasteiger partial charge is 0.269 e. The highest BCUT2D eigenvalue weighted by molar-refractivity contribution is 7.73. The molecule has 2 N–H and O–H groups in total. The number of amides is 1. The van der Waals surface area contributed by atoms with Gasteiger partial charge in [-0.2, -0.15) is 0 Å². The van der Waals surface area contributed by atoms with Crippen molar-refractivity contribution < 1.29 is 9.18 Å². The standard InChI is InChI=1S/C17H10FN3O2S2/c18-9-5-7-10(8-6-9)19-16(23)13-14-20-15(22)11-3-1-2-4-12(11)21(14)17(24)25-13/h1-8H,(H,19,23)(H,20,22). The fraction of sp³-hybridized carbons (Fsp3) is 0. The minimum Gasteiger partial charge on any atom is -0.321 e. The fourth-order valence-corrected chi connectivity index (χ4v) is 3.89. The first-order valence-electron chi connectivity index (χ1n) is 7.28. The predicted octanol–water partition coefficient (Wildman–Crippen LogP) is 3.96. The van der Waals surface area contributed by atoms with Crippen molar-refractivity contribution >= 4 is 51.7 Å². The van der Waals surface area contributed by atoms with Crippen LogP contribution in [-0.2, 0) is 0 Å². The second kappa shape index (κ2) is 5.91. The highest BCUT2D eigenvalue weighted by atomic mass is 32.1. The molecule has 0 unspecified atom stereocenters. The van der Waals surface area contributed by atoms with Gasteiger partial charge in [0.2, 0.25) is 0 Å². The Balaban J connectivity index is 1.88. The molecule has 2 heterocycles. The maximum Gasteiger partial charge on any atom is 0.269 e. The van der Waals surface area contributed by atoms with Gasteiger partial charge in [-0.05, 0) is 48.6 Å². The minimum absolute atomic E-state index is 0.289. The zero-order valence-electron chi connectivity index (χ0n) is 12.6. The molecule has 0 aliphatic rings. The second-order valence-corrected chi connectivity index (χ2v) is 6.96. The molecule has 0 aliphatic carbocycles. The predicted molar refractivity (Wildman–Crippen MR) is 98.6 cm³/mol. The first-order valence-corrected chi connectivity index (χ1v) is 8.50. The first kappa shape index (κ1) is 15.7. The van der Waals surface area contributed by atoms with Crippen LogP contribution in [0.15, 0.2) is 53.3 Å². The summed E-state index contributed by atoms with van der Waals surface area (Å²) < 4.78 is 15.1. The SMILES string of the molecule is O=C(Nc1ccc(F)cc1)c1sc(=S)n2c1[nH]c(=O)c1ccccc12. The lowest BCUT2D eigenvalue weighted by molar-refractivity contribution is 0.103. The summed E-state index contributed by atoms with van der Waals surface area (Å²) in [5, 5.41) is 3.18. The third kappa shape index (κ3) is 2.65. The van der Waals surface area contributed by atoms with Gasteiger partial charge >= 0.3 is 0 Å². The Bertz CT molecular complexity index is 1240. The molecule has 0 radical (unpaired) electrons. The van der Waals surface area contributed by atoms with Crippen LogP contribution in [0.5, 0.6) is 0 Å². The molecule has 0 bridgehead atoms. The number of hydrogen-bond donors (Lipinski definition) is 2. The summed E-state index contributed by atoms with van der Waals surface area (Å²) in [6, 6.07) is 12.5. The van der Waals surface area contributed by atoms with Crippen LogP contribution in [0.1, 0.15) is 9.67 Å². The van der Waals surface area contributed by atoms with Gasteiger partial charge in [0, 0.05) is 5.69 Å². The van der Waals surface area contributed by atoms with E-state index in [9.17, 15) is 14.0 Å². The molecule has 8 heteroatoms. The number of carbonyl (C=O) groups is 1. The molecule has 0 fully saturated rings. The van der Waals surface area contributed by atoms with Gasteiger partial charge in [0.15, 0.2) is 3.95 Å². The molecule has 0 saturated heterocycles. The van der Waals surface area contributed by atoms with E-state index in [1.807, 2.05) is 0 Å². The number of halogens is 1. The quantitative estimate of drug-likeness (QED) is 0.524. The maximum absolute atomic E-state index is 13.0. The van der Waals surface area contributed by atoms with Crippen molar-refractivity contribution in [1.29, 1.82) is 0 Å². The third-order valence-corrected chi connectivity index (χ3v) is 5.11. The summed E-state index contributed by atoms with van der Waals surface area (Å²) in [6.45, 7) is 0. The lowest BCUT2D eigenvalue weighted by Gasteiger charge is -2.05. The van der Waals surface area contributed by atoms with Crippen LogP contribution in [-0.4, -0.2) is 15.3 Å². The largest absolute Gasteiger partial charge is 0.321 e. The van der Waals surface area contributed by atoms with Crippen molar-refractivity contribution in [2.75, 3.05) is 5.32 Å². The van der Waals surface area contributed by atoms with Crippen LogP contribution in [0.3, 0.4) is 0 Å². The normalized spacial score (nSPS) is 11.1. The zero-order valence-corrected chi connectivity index (χ0v) is 14.2. The number of nitrogens with zero attached hydrogens (tertiary/aromatic N) is 1. The van der Waals surface area contributed by atoms with E-state index in [4.69, 9.17) is 12.2 Å². The molecule has 5 nitrogen and oxygen atoms in total. The van der Waals surface area contributed by atoms with E-state index in [-0.39, 0.29) is 10.4 Å². The highest BCUT2D eigenvalue weighted by Crippen LogP contribution is 2.23. The van der Waals surface area contributed by atoms with E-state index in [1.165, 1.54) is 24.3 Å². The van der Waals surface area contributed by atoms with Crippen molar-refractivity contribution in [1.82, 2.24) is 9.38 Å². The molecule has 2 aromatic heterocycles. The number of anilines is 1. The number of hydrogen-bond acceptors (Lipinski definition) is 4. The van der Waals surface area contributed by atoms with Crippen LogP contribution in [0.25, 0.3) is 16.6 Å². The molecule has 1 amide bonds.